The molecule has 0 spiro atoms. The lowest BCUT2D eigenvalue weighted by Gasteiger charge is -2.48. The Bertz CT molecular complexity index is 661. The van der Waals surface area contributed by atoms with E-state index >= 15 is 0 Å². The Morgan fingerprint density at radius 1 is 1.33 bits per heavy atom. The molecule has 0 aromatic rings. The fourth-order valence-electron chi connectivity index (χ4n) is 3.41. The summed E-state index contributed by atoms with van der Waals surface area (Å²) < 4.78 is 4.91. The van der Waals surface area contributed by atoms with Crippen molar-refractivity contribution in [2.24, 2.45) is 5.73 Å². The second-order valence-electron chi connectivity index (χ2n) is 6.12. The predicted molar refractivity (Wildman–Crippen MR) is 87.6 cm³/mol. The number of rotatable bonds is 3. The smallest absolute Gasteiger partial charge is 0.352 e. The highest BCUT2D eigenvalue weighted by molar-refractivity contribution is 8.01. The molecule has 1 saturated heterocycles. The number of hydrogen-bond donors (Lipinski definition) is 2. The predicted octanol–water partition coefficient (Wildman–Crippen LogP) is 1.35. The van der Waals surface area contributed by atoms with Crippen molar-refractivity contribution in [2.45, 2.75) is 49.8 Å². The van der Waals surface area contributed by atoms with Crippen LogP contribution in [0, 0.1) is 0 Å². The molecule has 3 rings (SSSR count). The molecule has 1 aliphatic carbocycles. The first-order valence-corrected chi connectivity index (χ1v) is 8.92. The number of carboxylic acids is 1. The minimum atomic E-state index is -1.22. The van der Waals surface area contributed by atoms with Gasteiger partial charge in [0.15, 0.2) is 0 Å². The van der Waals surface area contributed by atoms with Crippen molar-refractivity contribution in [2.75, 3.05) is 6.61 Å². The zero-order valence-electron chi connectivity index (χ0n) is 13.4. The number of carbonyl (C=O) groups excluding carboxylic acids is 2. The second kappa shape index (κ2) is 6.60. The van der Waals surface area contributed by atoms with Crippen molar-refractivity contribution in [3.63, 3.8) is 0 Å². The van der Waals surface area contributed by atoms with Gasteiger partial charge >= 0.3 is 11.9 Å². The van der Waals surface area contributed by atoms with Crippen molar-refractivity contribution >= 4 is 29.6 Å². The molecule has 0 aromatic heterocycles. The van der Waals surface area contributed by atoms with Crippen LogP contribution in [0.4, 0.5) is 0 Å². The van der Waals surface area contributed by atoms with Gasteiger partial charge in [0, 0.05) is 18.1 Å². The third-order valence-electron chi connectivity index (χ3n) is 4.57. The topological polar surface area (TPSA) is 110 Å². The molecule has 2 fully saturated rings. The van der Waals surface area contributed by atoms with E-state index in [2.05, 4.69) is 0 Å². The molecule has 8 heteroatoms. The molecule has 2 atom stereocenters. The molecule has 3 N–H and O–H groups in total. The lowest BCUT2D eigenvalue weighted by Crippen LogP contribution is -2.59. The Kier molecular flexibility index (Phi) is 4.69. The summed E-state index contributed by atoms with van der Waals surface area (Å²) >= 11 is 1.34. The summed E-state index contributed by atoms with van der Waals surface area (Å²) in [5, 5.41) is 8.59. The zero-order valence-corrected chi connectivity index (χ0v) is 14.2. The largest absolute Gasteiger partial charge is 0.477 e. The number of fused-ring (bicyclic) bond motifs is 1. The van der Waals surface area contributed by atoms with Crippen molar-refractivity contribution < 1.29 is 24.2 Å². The number of hydrogen-bond acceptors (Lipinski definition) is 6. The second-order valence-corrected chi connectivity index (χ2v) is 7.35. The van der Waals surface area contributed by atoms with E-state index in [1.807, 2.05) is 0 Å². The van der Waals surface area contributed by atoms with Gasteiger partial charge in [-0.1, -0.05) is 12.0 Å². The number of esters is 1. The molecule has 0 radical (unpaired) electrons. The number of aliphatic carboxylic acids is 1. The average molecular weight is 352 g/mol. The average Bonchev–Trinajstić information content (AvgIpc) is 2.53. The van der Waals surface area contributed by atoms with Crippen LogP contribution >= 0.6 is 11.8 Å². The van der Waals surface area contributed by atoms with E-state index in [0.29, 0.717) is 0 Å². The molecule has 2 aliphatic heterocycles. The van der Waals surface area contributed by atoms with Gasteiger partial charge in [-0.05, 0) is 25.7 Å². The van der Waals surface area contributed by atoms with E-state index in [1.54, 1.807) is 0 Å². The van der Waals surface area contributed by atoms with E-state index < -0.39 is 17.3 Å². The molecule has 7 nitrogen and oxygen atoms in total. The number of ether oxygens (including phenoxy) is 1. The van der Waals surface area contributed by atoms with Crippen LogP contribution < -0.4 is 5.73 Å². The number of thioether (sulfide) groups is 1. The maximum atomic E-state index is 12.6. The summed E-state index contributed by atoms with van der Waals surface area (Å²) in [6, 6.07) is 0. The molecule has 0 bridgehead atoms. The van der Waals surface area contributed by atoms with Crippen LogP contribution in [-0.4, -0.2) is 45.2 Å². The van der Waals surface area contributed by atoms with Gasteiger partial charge in [-0.25, -0.2) is 4.79 Å². The summed E-state index contributed by atoms with van der Waals surface area (Å²) in [5.74, 6) is -2.00. The van der Waals surface area contributed by atoms with Gasteiger partial charge in [-0.2, -0.15) is 0 Å². The van der Waals surface area contributed by atoms with Crippen molar-refractivity contribution in [1.82, 2.24) is 4.90 Å². The SMILES string of the molecule is CC(=O)OCC1=C(C(=O)O)N2C(=O)C(=C3CCCCC3)[C@H]2SC1N. The number of β-lactam (4-membered cyclic amide) rings is 1. The summed E-state index contributed by atoms with van der Waals surface area (Å²) in [4.78, 5) is 36.6. The fraction of sp³-hybridized carbons (Fsp3) is 0.562. The normalized spacial score (nSPS) is 26.9. The van der Waals surface area contributed by atoms with Crippen LogP contribution in [0.5, 0.6) is 0 Å². The van der Waals surface area contributed by atoms with Gasteiger partial charge in [-0.3, -0.25) is 14.5 Å². The van der Waals surface area contributed by atoms with Gasteiger partial charge in [0.25, 0.3) is 5.91 Å². The first kappa shape index (κ1) is 17.0. The third kappa shape index (κ3) is 2.84. The number of carboxylic acid groups (broad SMARTS) is 1. The molecular formula is C16H20N2O5S. The number of amides is 1. The first-order valence-electron chi connectivity index (χ1n) is 7.98. The van der Waals surface area contributed by atoms with Crippen molar-refractivity contribution in [1.29, 1.82) is 0 Å². The Balaban J connectivity index is 1.94. The molecule has 1 unspecified atom stereocenters. The maximum absolute atomic E-state index is 12.6. The van der Waals surface area contributed by atoms with Gasteiger partial charge in [0.2, 0.25) is 0 Å². The number of nitrogens with zero attached hydrogens (tertiary/aromatic N) is 1. The maximum Gasteiger partial charge on any atom is 0.352 e. The quantitative estimate of drug-likeness (QED) is 0.448. The molecule has 0 aromatic carbocycles. The molecule has 3 aliphatic rings. The third-order valence-corrected chi connectivity index (χ3v) is 5.85. The summed E-state index contributed by atoms with van der Waals surface area (Å²) in [6.07, 6.45) is 5.09. The lowest BCUT2D eigenvalue weighted by atomic mass is 9.86. The Morgan fingerprint density at radius 3 is 2.58 bits per heavy atom. The Hall–Kier alpha value is -1.80. The molecule has 1 amide bonds. The van der Waals surface area contributed by atoms with E-state index in [9.17, 15) is 19.5 Å². The van der Waals surface area contributed by atoms with E-state index in [1.165, 1.54) is 30.0 Å². The highest BCUT2D eigenvalue weighted by Gasteiger charge is 2.52. The van der Waals surface area contributed by atoms with Crippen LogP contribution in [0.15, 0.2) is 22.4 Å². The fourth-order valence-corrected chi connectivity index (χ4v) is 4.76. The summed E-state index contributed by atoms with van der Waals surface area (Å²) in [6.45, 7) is 1.03. The molecular weight excluding hydrogens is 332 g/mol. The Labute approximate surface area is 143 Å². The van der Waals surface area contributed by atoms with Gasteiger partial charge < -0.3 is 15.6 Å². The van der Waals surface area contributed by atoms with E-state index in [4.69, 9.17) is 10.5 Å². The number of nitrogens with two attached hydrogens (primary N) is 1. The number of carbonyl (C=O) groups is 3. The van der Waals surface area contributed by atoms with Crippen molar-refractivity contribution in [3.05, 3.63) is 22.4 Å². The lowest BCUT2D eigenvalue weighted by molar-refractivity contribution is -0.143. The first-order chi connectivity index (χ1) is 11.4. The Morgan fingerprint density at radius 2 is 2.00 bits per heavy atom. The van der Waals surface area contributed by atoms with Crippen LogP contribution in [-0.2, 0) is 19.1 Å². The van der Waals surface area contributed by atoms with Crippen LogP contribution in [0.3, 0.4) is 0 Å². The van der Waals surface area contributed by atoms with Gasteiger partial charge in [-0.15, -0.1) is 11.8 Å². The summed E-state index contributed by atoms with van der Waals surface area (Å²) in [5.41, 5.74) is 8.09. The standard InChI is InChI=1S/C16H20N2O5S/c1-8(19)23-7-10-12(16(21)22)18-14(20)11(15(18)24-13(10)17)9-5-3-2-4-6-9/h13,15H,2-7,17H2,1H3,(H,21,22)/t13?,15-/m1/s1. The van der Waals surface area contributed by atoms with Crippen LogP contribution in [0.25, 0.3) is 0 Å². The number of allylic oxidation sites excluding steroid dienone is 1. The molecule has 1 saturated carbocycles. The highest BCUT2D eigenvalue weighted by Crippen LogP contribution is 2.48. The van der Waals surface area contributed by atoms with Crippen LogP contribution in [0.2, 0.25) is 0 Å². The minimum absolute atomic E-state index is 0.141. The molecule has 24 heavy (non-hydrogen) atoms. The summed E-state index contributed by atoms with van der Waals surface area (Å²) in [7, 11) is 0. The highest BCUT2D eigenvalue weighted by atomic mass is 32.2. The van der Waals surface area contributed by atoms with Crippen LogP contribution in [0.1, 0.15) is 39.0 Å². The molecule has 130 valence electrons. The minimum Gasteiger partial charge on any atom is -0.477 e. The van der Waals surface area contributed by atoms with E-state index in [-0.39, 0.29) is 29.2 Å². The zero-order chi connectivity index (χ0) is 17.4. The van der Waals surface area contributed by atoms with Gasteiger partial charge in [0.05, 0.1) is 5.37 Å². The van der Waals surface area contributed by atoms with Gasteiger partial charge in [0.1, 0.15) is 17.7 Å². The monoisotopic (exact) mass is 352 g/mol. The molecule has 2 heterocycles. The van der Waals surface area contributed by atoms with E-state index in [0.717, 1.165) is 36.8 Å². The van der Waals surface area contributed by atoms with Crippen molar-refractivity contribution in [3.8, 4) is 0 Å².